The van der Waals surface area contributed by atoms with Crippen LogP contribution in [0.2, 0.25) is 5.02 Å². The quantitative estimate of drug-likeness (QED) is 0.842. The topological polar surface area (TPSA) is 114 Å². The number of ether oxygens (including phenoxy) is 2. The van der Waals surface area contributed by atoms with E-state index in [1.807, 2.05) is 18.2 Å². The summed E-state index contributed by atoms with van der Waals surface area (Å²) >= 11 is 6.26. The van der Waals surface area contributed by atoms with Gasteiger partial charge in [-0.1, -0.05) is 36.7 Å². The number of rotatable bonds is 1. The predicted molar refractivity (Wildman–Crippen MR) is 83.4 cm³/mol. The highest BCUT2D eigenvalue weighted by molar-refractivity contribution is 6.31. The number of benzene rings is 1. The minimum Gasteiger partial charge on any atom is -0.448 e. The van der Waals surface area contributed by atoms with Crippen molar-refractivity contribution in [2.45, 2.75) is 25.7 Å². The molecular weight excluding hydrogens is 328 g/mol. The van der Waals surface area contributed by atoms with E-state index in [0.717, 1.165) is 0 Å². The maximum atomic E-state index is 9.96. The van der Waals surface area contributed by atoms with Gasteiger partial charge in [0.15, 0.2) is 10.8 Å². The molecule has 3 heterocycles. The Kier molecular flexibility index (Phi) is 3.36. The van der Waals surface area contributed by atoms with Crippen molar-refractivity contribution >= 4 is 17.5 Å². The highest BCUT2D eigenvalue weighted by atomic mass is 35.5. The molecule has 1 aromatic rings. The van der Waals surface area contributed by atoms with Crippen molar-refractivity contribution in [1.82, 2.24) is 0 Å². The Balaban J connectivity index is 2.37. The van der Waals surface area contributed by atoms with Crippen molar-refractivity contribution in [2.24, 2.45) is 16.7 Å². The average Bonchev–Trinajstić information content (AvgIpc) is 2.57. The number of nitrogens with zero attached hydrogens (tertiary/aromatic N) is 3. The molecule has 0 unspecified atom stereocenters. The molecule has 3 aliphatic heterocycles. The molecule has 0 saturated carbocycles. The number of halogens is 1. The van der Waals surface area contributed by atoms with Crippen molar-refractivity contribution < 1.29 is 9.47 Å². The van der Waals surface area contributed by atoms with Crippen LogP contribution < -0.4 is 0 Å². The van der Waals surface area contributed by atoms with E-state index in [9.17, 15) is 15.8 Å². The number of nitriles is 3. The molecule has 7 heteroatoms. The Labute approximate surface area is 144 Å². The van der Waals surface area contributed by atoms with E-state index >= 15 is 0 Å². The highest BCUT2D eigenvalue weighted by Crippen LogP contribution is 2.66. The smallest absolute Gasteiger partial charge is 0.215 e. The zero-order chi connectivity index (χ0) is 17.8. The maximum absolute atomic E-state index is 9.96. The van der Waals surface area contributed by atoms with E-state index in [2.05, 4.69) is 0 Å². The number of nitrogens with one attached hydrogen (secondary N) is 1. The van der Waals surface area contributed by atoms with Crippen LogP contribution in [0.25, 0.3) is 0 Å². The van der Waals surface area contributed by atoms with Crippen molar-refractivity contribution in [3.05, 3.63) is 34.9 Å². The Bertz CT molecular complexity index is 851. The molecule has 1 aromatic carbocycles. The lowest BCUT2D eigenvalue weighted by Gasteiger charge is -2.60. The standard InChI is InChI=1S/C17H13ClN4O2/c1-10-15(2)23-13(11-5-3-4-6-12(11)18)17(9-21,14(22)24-15)16(10,7-19)8-20/h3-6,10,13,22H,1-2H3/t10-,13+,15-,17-/m1/s1. The number of hydrogen-bond donors (Lipinski definition) is 1. The first kappa shape index (κ1) is 16.3. The van der Waals surface area contributed by atoms with E-state index in [0.29, 0.717) is 10.6 Å². The molecule has 2 bridgehead atoms. The summed E-state index contributed by atoms with van der Waals surface area (Å²) in [5, 5.41) is 38.2. The molecule has 0 radical (unpaired) electrons. The molecule has 0 aromatic heterocycles. The Morgan fingerprint density at radius 3 is 2.33 bits per heavy atom. The third-order valence-electron chi connectivity index (χ3n) is 5.18. The second-order valence-electron chi connectivity index (χ2n) is 6.14. The Morgan fingerprint density at radius 1 is 1.17 bits per heavy atom. The highest BCUT2D eigenvalue weighted by Gasteiger charge is 2.78. The summed E-state index contributed by atoms with van der Waals surface area (Å²) in [5.41, 5.74) is -3.26. The van der Waals surface area contributed by atoms with Crippen LogP contribution in [0.3, 0.4) is 0 Å². The van der Waals surface area contributed by atoms with Crippen LogP contribution in [-0.4, -0.2) is 11.7 Å². The summed E-state index contributed by atoms with van der Waals surface area (Å²) in [4.78, 5) is 0. The second-order valence-corrected chi connectivity index (χ2v) is 6.55. The first-order chi connectivity index (χ1) is 11.3. The van der Waals surface area contributed by atoms with Gasteiger partial charge in [-0.25, -0.2) is 0 Å². The fraction of sp³-hybridized carbons (Fsp3) is 0.412. The molecule has 0 aliphatic carbocycles. The van der Waals surface area contributed by atoms with Crippen LogP contribution >= 0.6 is 11.6 Å². The maximum Gasteiger partial charge on any atom is 0.215 e. The first-order valence-corrected chi connectivity index (χ1v) is 7.65. The van der Waals surface area contributed by atoms with Crippen LogP contribution in [0, 0.1) is 56.2 Å². The third-order valence-corrected chi connectivity index (χ3v) is 5.53. The molecule has 3 saturated heterocycles. The SMILES string of the molecule is C[C@H]1C(C#N)(C#N)[C@@]2(C#N)C(=N)O[C@@]1(C)O[C@H]2c1ccccc1Cl. The van der Waals surface area contributed by atoms with Gasteiger partial charge in [-0.05, 0) is 6.07 Å². The zero-order valence-corrected chi connectivity index (χ0v) is 13.8. The minimum atomic E-state index is -1.90. The molecule has 3 aliphatic rings. The normalized spacial score (nSPS) is 36.1. The van der Waals surface area contributed by atoms with Crippen LogP contribution in [-0.2, 0) is 9.47 Å². The van der Waals surface area contributed by atoms with E-state index in [-0.39, 0.29) is 0 Å². The first-order valence-electron chi connectivity index (χ1n) is 7.27. The van der Waals surface area contributed by atoms with Gasteiger partial charge in [-0.2, -0.15) is 15.8 Å². The summed E-state index contributed by atoms with van der Waals surface area (Å²) in [6.07, 6.45) is -1.06. The van der Waals surface area contributed by atoms with Crippen molar-refractivity contribution in [2.75, 3.05) is 0 Å². The van der Waals surface area contributed by atoms with Gasteiger partial charge in [0.1, 0.15) is 6.10 Å². The molecule has 3 fully saturated rings. The lowest BCUT2D eigenvalue weighted by Crippen LogP contribution is -2.71. The zero-order valence-electron chi connectivity index (χ0n) is 13.0. The van der Waals surface area contributed by atoms with Gasteiger partial charge in [0.05, 0.1) is 24.1 Å². The number of hydrogen-bond acceptors (Lipinski definition) is 6. The molecular formula is C17H13ClN4O2. The van der Waals surface area contributed by atoms with E-state index in [1.54, 1.807) is 38.1 Å². The third kappa shape index (κ3) is 1.59. The van der Waals surface area contributed by atoms with Crippen LogP contribution in [0.1, 0.15) is 25.5 Å². The van der Waals surface area contributed by atoms with E-state index in [1.165, 1.54) is 0 Å². The molecule has 0 spiro atoms. The Morgan fingerprint density at radius 2 is 1.79 bits per heavy atom. The largest absolute Gasteiger partial charge is 0.448 e. The van der Waals surface area contributed by atoms with Crippen LogP contribution in [0.15, 0.2) is 24.3 Å². The Hall–Kier alpha value is -2.59. The summed E-state index contributed by atoms with van der Waals surface area (Å²) < 4.78 is 11.5. The molecule has 4 rings (SSSR count). The molecule has 4 atom stereocenters. The lowest BCUT2D eigenvalue weighted by molar-refractivity contribution is -0.338. The van der Waals surface area contributed by atoms with Crippen molar-refractivity contribution in [3.63, 3.8) is 0 Å². The predicted octanol–water partition coefficient (Wildman–Crippen LogP) is 3.31. The molecule has 120 valence electrons. The van der Waals surface area contributed by atoms with Gasteiger partial charge in [0.25, 0.3) is 0 Å². The fourth-order valence-corrected chi connectivity index (χ4v) is 3.87. The molecule has 1 N–H and O–H groups in total. The average molecular weight is 341 g/mol. The summed E-state index contributed by atoms with van der Waals surface area (Å²) in [6.45, 7) is 3.19. The molecule has 24 heavy (non-hydrogen) atoms. The molecule has 6 nitrogen and oxygen atoms in total. The van der Waals surface area contributed by atoms with Gasteiger partial charge in [0, 0.05) is 17.5 Å². The van der Waals surface area contributed by atoms with Gasteiger partial charge in [-0.15, -0.1) is 0 Å². The second kappa shape index (κ2) is 4.95. The summed E-state index contributed by atoms with van der Waals surface area (Å²) in [5.74, 6) is -2.57. The minimum absolute atomic E-state index is 0.332. The number of fused-ring (bicyclic) bond motifs is 3. The molecule has 0 amide bonds. The summed E-state index contributed by atoms with van der Waals surface area (Å²) in [7, 11) is 0. The van der Waals surface area contributed by atoms with Crippen molar-refractivity contribution in [1.29, 1.82) is 21.2 Å². The van der Waals surface area contributed by atoms with Crippen LogP contribution in [0.4, 0.5) is 0 Å². The van der Waals surface area contributed by atoms with E-state index < -0.39 is 34.5 Å². The van der Waals surface area contributed by atoms with Gasteiger partial charge < -0.3 is 9.47 Å². The van der Waals surface area contributed by atoms with Crippen LogP contribution in [0.5, 0.6) is 0 Å². The van der Waals surface area contributed by atoms with Crippen molar-refractivity contribution in [3.8, 4) is 18.2 Å². The van der Waals surface area contributed by atoms with Gasteiger partial charge in [-0.3, -0.25) is 5.41 Å². The monoisotopic (exact) mass is 340 g/mol. The van der Waals surface area contributed by atoms with Gasteiger partial charge >= 0.3 is 0 Å². The lowest BCUT2D eigenvalue weighted by atomic mass is 9.51. The van der Waals surface area contributed by atoms with E-state index in [4.69, 9.17) is 26.5 Å². The fourth-order valence-electron chi connectivity index (χ4n) is 3.64. The summed E-state index contributed by atoms with van der Waals surface area (Å²) in [6, 6.07) is 12.7. The van der Waals surface area contributed by atoms with Gasteiger partial charge in [0.2, 0.25) is 11.7 Å².